The van der Waals surface area contributed by atoms with Gasteiger partial charge in [-0.25, -0.2) is 0 Å². The van der Waals surface area contributed by atoms with Gasteiger partial charge in [0.15, 0.2) is 5.76 Å². The second-order valence-electron chi connectivity index (χ2n) is 4.59. The fourth-order valence-corrected chi connectivity index (χ4v) is 1.88. The number of nitrogens with zero attached hydrogens (tertiary/aromatic N) is 1. The van der Waals surface area contributed by atoms with Crippen molar-refractivity contribution in [1.82, 2.24) is 5.16 Å². The smallest absolute Gasteiger partial charge is 0.419 e. The second-order valence-corrected chi connectivity index (χ2v) is 4.59. The molecule has 0 radical (unpaired) electrons. The van der Waals surface area contributed by atoms with Crippen molar-refractivity contribution >= 4 is 0 Å². The first-order valence-corrected chi connectivity index (χ1v) is 6.35. The number of benzene rings is 1. The predicted molar refractivity (Wildman–Crippen MR) is 69.8 cm³/mol. The largest absolute Gasteiger partial charge is 0.485 e. The van der Waals surface area contributed by atoms with E-state index in [1.165, 1.54) is 6.07 Å². The fraction of sp³-hybridized carbons (Fsp3) is 0.357. The number of nitrogens with two attached hydrogens (primary N) is 1. The van der Waals surface area contributed by atoms with Gasteiger partial charge in [0.05, 0.1) is 11.3 Å². The Bertz CT molecular complexity index is 609. The van der Waals surface area contributed by atoms with Crippen molar-refractivity contribution in [2.45, 2.75) is 26.1 Å². The van der Waals surface area contributed by atoms with Crippen LogP contribution in [0.15, 0.2) is 28.8 Å². The first kappa shape index (κ1) is 15.4. The molecule has 1 heterocycles. The third-order valence-corrected chi connectivity index (χ3v) is 2.83. The van der Waals surface area contributed by atoms with Gasteiger partial charge >= 0.3 is 6.18 Å². The van der Waals surface area contributed by atoms with Gasteiger partial charge in [-0.15, -0.1) is 0 Å². The Morgan fingerprint density at radius 3 is 2.62 bits per heavy atom. The highest BCUT2D eigenvalue weighted by Crippen LogP contribution is 2.37. The van der Waals surface area contributed by atoms with Crippen LogP contribution in [-0.2, 0) is 19.2 Å². The number of aromatic nitrogens is 1. The van der Waals surface area contributed by atoms with Crippen LogP contribution in [-0.4, -0.2) is 11.7 Å². The van der Waals surface area contributed by atoms with Crippen molar-refractivity contribution in [2.24, 2.45) is 5.73 Å². The molecule has 1 aromatic heterocycles. The van der Waals surface area contributed by atoms with Gasteiger partial charge in [0, 0.05) is 6.07 Å². The summed E-state index contributed by atoms with van der Waals surface area (Å²) in [7, 11) is 0. The van der Waals surface area contributed by atoms with E-state index in [-0.39, 0.29) is 18.9 Å². The summed E-state index contributed by atoms with van der Waals surface area (Å²) in [5, 5.41) is 3.65. The molecular weight excluding hydrogens is 285 g/mol. The van der Waals surface area contributed by atoms with E-state index in [0.717, 1.165) is 6.07 Å². The van der Waals surface area contributed by atoms with Crippen LogP contribution >= 0.6 is 0 Å². The monoisotopic (exact) mass is 300 g/mol. The number of hydrogen-bond donors (Lipinski definition) is 1. The summed E-state index contributed by atoms with van der Waals surface area (Å²) in [6.45, 7) is 1.89. The molecule has 0 saturated heterocycles. The molecule has 0 aliphatic carbocycles. The third-order valence-electron chi connectivity index (χ3n) is 2.83. The molecular formula is C14H15F3N2O2. The maximum atomic E-state index is 13.1. The van der Waals surface area contributed by atoms with Gasteiger partial charge in [-0.1, -0.05) is 11.2 Å². The van der Waals surface area contributed by atoms with Crippen molar-refractivity contribution in [2.75, 3.05) is 6.54 Å². The maximum Gasteiger partial charge on any atom is 0.419 e. The van der Waals surface area contributed by atoms with Crippen LogP contribution in [0.25, 0.3) is 0 Å². The van der Waals surface area contributed by atoms with Crippen LogP contribution in [0, 0.1) is 6.92 Å². The van der Waals surface area contributed by atoms with Gasteiger partial charge in [-0.2, -0.15) is 13.2 Å². The van der Waals surface area contributed by atoms with E-state index < -0.39 is 11.7 Å². The molecule has 4 nitrogen and oxygen atoms in total. The molecule has 2 N–H and O–H groups in total. The SMILES string of the molecule is Cc1cc(COc2ccc(CCN)cc2C(F)(F)F)on1. The van der Waals surface area contributed by atoms with Crippen molar-refractivity contribution < 1.29 is 22.4 Å². The molecule has 0 aliphatic rings. The van der Waals surface area contributed by atoms with Crippen molar-refractivity contribution in [3.05, 3.63) is 46.8 Å². The number of alkyl halides is 3. The number of rotatable bonds is 5. The highest BCUT2D eigenvalue weighted by atomic mass is 19.4. The van der Waals surface area contributed by atoms with E-state index >= 15 is 0 Å². The Kier molecular flexibility index (Phi) is 4.52. The quantitative estimate of drug-likeness (QED) is 0.921. The minimum absolute atomic E-state index is 0.111. The zero-order chi connectivity index (χ0) is 15.5. The third kappa shape index (κ3) is 3.98. The van der Waals surface area contributed by atoms with E-state index in [1.54, 1.807) is 19.1 Å². The van der Waals surface area contributed by atoms with Gasteiger partial charge in [-0.3, -0.25) is 0 Å². The number of halogens is 3. The molecule has 1 aromatic carbocycles. The second kappa shape index (κ2) is 6.17. The lowest BCUT2D eigenvalue weighted by molar-refractivity contribution is -0.139. The highest BCUT2D eigenvalue weighted by Gasteiger charge is 2.34. The Morgan fingerprint density at radius 1 is 1.29 bits per heavy atom. The van der Waals surface area contributed by atoms with E-state index in [1.807, 2.05) is 0 Å². The molecule has 2 aromatic rings. The minimum Gasteiger partial charge on any atom is -0.485 e. The minimum atomic E-state index is -4.49. The molecule has 7 heteroatoms. The fourth-order valence-electron chi connectivity index (χ4n) is 1.88. The summed E-state index contributed by atoms with van der Waals surface area (Å²) in [6.07, 6.45) is -4.11. The van der Waals surface area contributed by atoms with E-state index in [9.17, 15) is 13.2 Å². The molecule has 0 spiro atoms. The normalized spacial score (nSPS) is 11.7. The predicted octanol–water partition coefficient (Wildman–Crippen LogP) is 3.08. The molecule has 114 valence electrons. The van der Waals surface area contributed by atoms with Gasteiger partial charge < -0.3 is 15.0 Å². The molecule has 0 aliphatic heterocycles. The number of ether oxygens (including phenoxy) is 1. The van der Waals surface area contributed by atoms with Gasteiger partial charge in [0.1, 0.15) is 12.4 Å². The van der Waals surface area contributed by atoms with Crippen molar-refractivity contribution in [3.63, 3.8) is 0 Å². The first-order chi connectivity index (χ1) is 9.90. The summed E-state index contributed by atoms with van der Waals surface area (Å²) >= 11 is 0. The van der Waals surface area contributed by atoms with E-state index in [2.05, 4.69) is 5.16 Å². The number of aryl methyl sites for hydroxylation is 1. The summed E-state index contributed by atoms with van der Waals surface area (Å²) in [5.41, 5.74) is 5.71. The van der Waals surface area contributed by atoms with Crippen LogP contribution < -0.4 is 10.5 Å². The lowest BCUT2D eigenvalue weighted by Gasteiger charge is -2.14. The van der Waals surface area contributed by atoms with Gasteiger partial charge in [0.25, 0.3) is 0 Å². The molecule has 0 unspecified atom stereocenters. The molecule has 0 fully saturated rings. The lowest BCUT2D eigenvalue weighted by atomic mass is 10.1. The molecule has 0 atom stereocenters. The van der Waals surface area contributed by atoms with Crippen LogP contribution in [0.4, 0.5) is 13.2 Å². The molecule has 0 amide bonds. The van der Waals surface area contributed by atoms with Gasteiger partial charge in [0.2, 0.25) is 0 Å². The first-order valence-electron chi connectivity index (χ1n) is 6.35. The Morgan fingerprint density at radius 2 is 2.05 bits per heavy atom. The Balaban J connectivity index is 2.21. The summed E-state index contributed by atoms with van der Waals surface area (Å²) in [5.74, 6) is 0.129. The summed E-state index contributed by atoms with van der Waals surface area (Å²) in [4.78, 5) is 0. The number of hydrogen-bond acceptors (Lipinski definition) is 4. The summed E-state index contributed by atoms with van der Waals surface area (Å²) < 4.78 is 49.3. The van der Waals surface area contributed by atoms with E-state index in [4.69, 9.17) is 15.0 Å². The maximum absolute atomic E-state index is 13.1. The van der Waals surface area contributed by atoms with Crippen LogP contribution in [0.5, 0.6) is 5.75 Å². The van der Waals surface area contributed by atoms with Crippen molar-refractivity contribution in [1.29, 1.82) is 0 Å². The molecule has 0 bridgehead atoms. The topological polar surface area (TPSA) is 61.3 Å². The Hall–Kier alpha value is -2.02. The van der Waals surface area contributed by atoms with Crippen LogP contribution in [0.3, 0.4) is 0 Å². The Labute approximate surface area is 119 Å². The molecule has 2 rings (SSSR count). The summed E-state index contributed by atoms with van der Waals surface area (Å²) in [6, 6.07) is 5.55. The average molecular weight is 300 g/mol. The molecule has 0 saturated carbocycles. The zero-order valence-electron chi connectivity index (χ0n) is 11.4. The lowest BCUT2D eigenvalue weighted by Crippen LogP contribution is -2.11. The van der Waals surface area contributed by atoms with Crippen LogP contribution in [0.1, 0.15) is 22.6 Å². The zero-order valence-corrected chi connectivity index (χ0v) is 11.4. The van der Waals surface area contributed by atoms with Crippen LogP contribution in [0.2, 0.25) is 0 Å². The van der Waals surface area contributed by atoms with Crippen molar-refractivity contribution in [3.8, 4) is 5.75 Å². The van der Waals surface area contributed by atoms with E-state index in [0.29, 0.717) is 23.4 Å². The highest BCUT2D eigenvalue weighted by molar-refractivity contribution is 5.39. The molecule has 21 heavy (non-hydrogen) atoms. The standard InChI is InChI=1S/C14H15F3N2O2/c1-9-6-11(21-19-9)8-20-13-3-2-10(4-5-18)7-12(13)14(15,16)17/h2-3,6-7H,4-5,8,18H2,1H3. The van der Waals surface area contributed by atoms with Gasteiger partial charge in [-0.05, 0) is 37.6 Å². The average Bonchev–Trinajstić information content (AvgIpc) is 2.82.